The van der Waals surface area contributed by atoms with Gasteiger partial charge in [-0.3, -0.25) is 9.59 Å². The van der Waals surface area contributed by atoms with Crippen LogP contribution in [-0.2, 0) is 31.9 Å². The molecule has 0 spiro atoms. The van der Waals surface area contributed by atoms with Crippen LogP contribution in [0.5, 0.6) is 0 Å². The number of aryl methyl sites for hydroxylation is 6. The third-order valence-corrected chi connectivity index (χ3v) is 10.2. The second-order valence-corrected chi connectivity index (χ2v) is 13.8. The number of hydrogen-bond acceptors (Lipinski definition) is 6. The minimum atomic E-state index is -0.205. The Morgan fingerprint density at radius 1 is 0.407 bits per heavy atom. The third-order valence-electron chi connectivity index (χ3n) is 10.2. The second kappa shape index (κ2) is 17.1. The molecule has 0 unspecified atom stereocenters. The molecule has 0 amide bonds. The highest BCUT2D eigenvalue weighted by Gasteiger charge is 2.16. The van der Waals surface area contributed by atoms with Crippen molar-refractivity contribution < 1.29 is 19.1 Å². The Hall–Kier alpha value is -6.14. The lowest BCUT2D eigenvalue weighted by Crippen LogP contribution is -2.11. The van der Waals surface area contributed by atoms with Crippen molar-refractivity contribution in [2.24, 2.45) is 0 Å². The predicted molar refractivity (Wildman–Crippen MR) is 221 cm³/mol. The molecule has 6 aromatic carbocycles. The number of ether oxygens (including phenoxy) is 2. The van der Waals surface area contributed by atoms with E-state index >= 15 is 0 Å². The van der Waals surface area contributed by atoms with Gasteiger partial charge in [-0.2, -0.15) is 0 Å². The molecule has 274 valence electrons. The molecule has 0 radical (unpaired) electrons. The van der Waals surface area contributed by atoms with E-state index in [-0.39, 0.29) is 11.9 Å². The molecule has 0 saturated carbocycles. The summed E-state index contributed by atoms with van der Waals surface area (Å²) in [5.74, 6) is -0.409. The molecule has 0 fully saturated rings. The lowest BCUT2D eigenvalue weighted by atomic mass is 10.0. The average molecular weight is 717 g/mol. The zero-order valence-electron chi connectivity index (χ0n) is 32.1. The van der Waals surface area contributed by atoms with Gasteiger partial charge in [0.25, 0.3) is 0 Å². The number of carbonyl (C=O) groups is 2. The topological polar surface area (TPSA) is 59.1 Å². The van der Waals surface area contributed by atoms with E-state index in [1.165, 1.54) is 36.5 Å². The van der Waals surface area contributed by atoms with Gasteiger partial charge in [0.1, 0.15) is 0 Å². The maximum absolute atomic E-state index is 11.7. The Kier molecular flexibility index (Phi) is 11.9. The summed E-state index contributed by atoms with van der Waals surface area (Å²) in [6.45, 7) is 8.55. The van der Waals surface area contributed by atoms with Crippen molar-refractivity contribution in [2.45, 2.75) is 53.4 Å². The predicted octanol–water partition coefficient (Wildman–Crippen LogP) is 11.7. The summed E-state index contributed by atoms with van der Waals surface area (Å²) in [4.78, 5) is 28.0. The Morgan fingerprint density at radius 3 is 1.00 bits per heavy atom. The first-order valence-electron chi connectivity index (χ1n) is 18.4. The van der Waals surface area contributed by atoms with Crippen LogP contribution >= 0.6 is 0 Å². The zero-order valence-corrected chi connectivity index (χ0v) is 32.1. The third kappa shape index (κ3) is 8.89. The molecule has 6 nitrogen and oxygen atoms in total. The van der Waals surface area contributed by atoms with Gasteiger partial charge in [0.05, 0.1) is 14.2 Å². The van der Waals surface area contributed by atoms with Crippen LogP contribution in [-0.4, -0.2) is 26.2 Å². The van der Waals surface area contributed by atoms with Crippen molar-refractivity contribution in [1.29, 1.82) is 0 Å². The zero-order chi connectivity index (χ0) is 38.2. The maximum atomic E-state index is 11.7. The molecule has 0 N–H and O–H groups in total. The maximum Gasteiger partial charge on any atom is 0.305 e. The SMILES string of the molecule is COC(=O)CCc1ccc(N(c2ccc(-c3ccc(N(c4ccc(CCC(=O)OC)cc4)c4ccc(C)c(C)c4)cc3)cc2)c2ccc(C)c(C)c2)cc1. The molecule has 0 aliphatic rings. The van der Waals surface area contributed by atoms with Crippen LogP contribution in [0.15, 0.2) is 133 Å². The number of anilines is 6. The monoisotopic (exact) mass is 716 g/mol. The van der Waals surface area contributed by atoms with E-state index in [0.717, 1.165) is 56.4 Å². The van der Waals surface area contributed by atoms with E-state index in [0.29, 0.717) is 25.7 Å². The van der Waals surface area contributed by atoms with Gasteiger partial charge in [-0.05, 0) is 158 Å². The van der Waals surface area contributed by atoms with Crippen molar-refractivity contribution >= 4 is 46.1 Å². The quantitative estimate of drug-likeness (QED) is 0.111. The number of esters is 2. The number of benzene rings is 6. The van der Waals surface area contributed by atoms with Crippen LogP contribution in [0.25, 0.3) is 11.1 Å². The summed E-state index contributed by atoms with van der Waals surface area (Å²) in [7, 11) is 2.85. The van der Waals surface area contributed by atoms with Gasteiger partial charge in [-0.25, -0.2) is 0 Å². The number of rotatable bonds is 13. The van der Waals surface area contributed by atoms with Gasteiger partial charge in [0, 0.05) is 47.0 Å². The molecule has 0 heterocycles. The number of nitrogens with zero attached hydrogens (tertiary/aromatic N) is 2. The van der Waals surface area contributed by atoms with Crippen molar-refractivity contribution in [1.82, 2.24) is 0 Å². The van der Waals surface area contributed by atoms with Crippen molar-refractivity contribution in [3.05, 3.63) is 167 Å². The molecule has 54 heavy (non-hydrogen) atoms. The summed E-state index contributed by atoms with van der Waals surface area (Å²) >= 11 is 0. The fourth-order valence-corrected chi connectivity index (χ4v) is 6.55. The van der Waals surface area contributed by atoms with E-state index in [2.05, 4.69) is 171 Å². The van der Waals surface area contributed by atoms with Gasteiger partial charge < -0.3 is 19.3 Å². The van der Waals surface area contributed by atoms with Crippen molar-refractivity contribution in [3.8, 4) is 11.1 Å². The fourth-order valence-electron chi connectivity index (χ4n) is 6.55. The minimum absolute atomic E-state index is 0.205. The molecule has 6 rings (SSSR count). The van der Waals surface area contributed by atoms with E-state index in [1.807, 2.05) is 0 Å². The van der Waals surface area contributed by atoms with Gasteiger partial charge >= 0.3 is 11.9 Å². The highest BCUT2D eigenvalue weighted by molar-refractivity contribution is 5.81. The highest BCUT2D eigenvalue weighted by atomic mass is 16.5. The average Bonchev–Trinajstić information content (AvgIpc) is 3.20. The second-order valence-electron chi connectivity index (χ2n) is 13.8. The molecule has 0 aliphatic carbocycles. The lowest BCUT2D eigenvalue weighted by molar-refractivity contribution is -0.141. The Morgan fingerprint density at radius 2 is 0.704 bits per heavy atom. The molecular weight excluding hydrogens is 669 g/mol. The van der Waals surface area contributed by atoms with Crippen LogP contribution in [0.3, 0.4) is 0 Å². The highest BCUT2D eigenvalue weighted by Crippen LogP contribution is 2.39. The van der Waals surface area contributed by atoms with E-state index in [9.17, 15) is 9.59 Å². The Balaban J connectivity index is 1.28. The lowest BCUT2D eigenvalue weighted by Gasteiger charge is -2.27. The summed E-state index contributed by atoms with van der Waals surface area (Å²) in [5.41, 5.74) is 15.7. The van der Waals surface area contributed by atoms with Crippen LogP contribution in [0.2, 0.25) is 0 Å². The first-order chi connectivity index (χ1) is 26.1. The molecular formula is C48H48N2O4. The number of methoxy groups -OCH3 is 2. The van der Waals surface area contributed by atoms with Gasteiger partial charge in [0.2, 0.25) is 0 Å². The van der Waals surface area contributed by atoms with Gasteiger partial charge in [-0.15, -0.1) is 0 Å². The summed E-state index contributed by atoms with van der Waals surface area (Å²) in [5, 5.41) is 0. The summed E-state index contributed by atoms with van der Waals surface area (Å²) < 4.78 is 9.66. The number of hydrogen-bond donors (Lipinski definition) is 0. The van der Waals surface area contributed by atoms with Gasteiger partial charge in [-0.1, -0.05) is 60.7 Å². The standard InChI is InChI=1S/C48H48N2O4/c1-33-7-19-45(31-35(33)3)49(41-21-9-37(10-22-41)13-29-47(51)53-5)43-25-15-39(16-26-43)40-17-27-44(28-18-40)50(46-20-8-34(2)36(4)32-46)42-23-11-38(12-24-42)14-30-48(52)54-6/h7-12,15-28,31-32H,13-14,29-30H2,1-6H3. The Bertz CT molecular complexity index is 2050. The van der Waals surface area contributed by atoms with Crippen molar-refractivity contribution in [2.75, 3.05) is 24.0 Å². The molecule has 0 aliphatic heterocycles. The Labute approximate surface area is 319 Å². The van der Waals surface area contributed by atoms with Crippen LogP contribution in [0.1, 0.15) is 46.2 Å². The largest absolute Gasteiger partial charge is 0.469 e. The normalized spacial score (nSPS) is 10.9. The van der Waals surface area contributed by atoms with Crippen LogP contribution < -0.4 is 9.80 Å². The molecule has 6 heteroatoms. The molecule has 0 bridgehead atoms. The van der Waals surface area contributed by atoms with E-state index < -0.39 is 0 Å². The number of carbonyl (C=O) groups excluding carboxylic acids is 2. The fraction of sp³-hybridized carbons (Fsp3) is 0.208. The van der Waals surface area contributed by atoms with Crippen molar-refractivity contribution in [3.63, 3.8) is 0 Å². The van der Waals surface area contributed by atoms with E-state index in [1.54, 1.807) is 0 Å². The molecule has 6 aromatic rings. The molecule has 0 aromatic heterocycles. The summed E-state index contributed by atoms with van der Waals surface area (Å²) in [6.07, 6.45) is 1.99. The summed E-state index contributed by atoms with van der Waals surface area (Å²) in [6, 6.07) is 47.3. The smallest absolute Gasteiger partial charge is 0.305 e. The first-order valence-corrected chi connectivity index (χ1v) is 18.4. The first kappa shape index (κ1) is 37.6. The van der Waals surface area contributed by atoms with Crippen LogP contribution in [0.4, 0.5) is 34.1 Å². The van der Waals surface area contributed by atoms with Gasteiger partial charge in [0.15, 0.2) is 0 Å². The van der Waals surface area contributed by atoms with Crippen LogP contribution in [0, 0.1) is 27.7 Å². The minimum Gasteiger partial charge on any atom is -0.469 e. The molecule has 0 atom stereocenters. The van der Waals surface area contributed by atoms with E-state index in [4.69, 9.17) is 9.47 Å². The molecule has 0 saturated heterocycles.